The highest BCUT2D eigenvalue weighted by atomic mass is 14.7. The van der Waals surface area contributed by atoms with Crippen molar-refractivity contribution < 1.29 is 0 Å². The average Bonchev–Trinajstić information content (AvgIpc) is 2.74. The summed E-state index contributed by atoms with van der Waals surface area (Å²) in [6, 6.07) is 6.64. The van der Waals surface area contributed by atoms with E-state index >= 15 is 0 Å². The zero-order chi connectivity index (χ0) is 11.8. The smallest absolute Gasteiger partial charge is 0.0486 e. The van der Waals surface area contributed by atoms with Gasteiger partial charge < -0.3 is 4.98 Å². The zero-order valence-electron chi connectivity index (χ0n) is 10.8. The molecule has 0 amide bonds. The van der Waals surface area contributed by atoms with Gasteiger partial charge in [-0.25, -0.2) is 0 Å². The maximum absolute atomic E-state index is 3.47. The van der Waals surface area contributed by atoms with Gasteiger partial charge in [-0.05, 0) is 42.7 Å². The van der Waals surface area contributed by atoms with Gasteiger partial charge in [0.1, 0.15) is 0 Å². The highest BCUT2D eigenvalue weighted by molar-refractivity contribution is 5.86. The first-order chi connectivity index (χ1) is 8.25. The topological polar surface area (TPSA) is 15.8 Å². The molecule has 2 atom stereocenters. The van der Waals surface area contributed by atoms with Gasteiger partial charge in [0.2, 0.25) is 0 Å². The predicted octanol–water partition coefficient (Wildman–Crippen LogP) is 4.77. The van der Waals surface area contributed by atoms with Crippen LogP contribution >= 0.6 is 0 Å². The molecule has 1 saturated carbocycles. The lowest BCUT2D eigenvalue weighted by atomic mass is 9.79. The van der Waals surface area contributed by atoms with Crippen LogP contribution < -0.4 is 0 Å². The highest BCUT2D eigenvalue weighted by Gasteiger charge is 2.22. The number of H-pyrrole nitrogens is 1. The van der Waals surface area contributed by atoms with Gasteiger partial charge in [-0.1, -0.05) is 38.0 Å². The second kappa shape index (κ2) is 4.21. The second-order valence-corrected chi connectivity index (χ2v) is 5.71. The van der Waals surface area contributed by atoms with Crippen LogP contribution in [0.3, 0.4) is 0 Å². The Balaban J connectivity index is 2.02. The summed E-state index contributed by atoms with van der Waals surface area (Å²) >= 11 is 0. The lowest BCUT2D eigenvalue weighted by molar-refractivity contribution is 0.345. The Bertz CT molecular complexity index is 523. The number of para-hydroxylation sites is 1. The number of aromatic nitrogens is 1. The molecule has 3 rings (SSSR count). The summed E-state index contributed by atoms with van der Waals surface area (Å²) in [5.41, 5.74) is 4.24. The maximum Gasteiger partial charge on any atom is 0.0486 e. The minimum Gasteiger partial charge on any atom is -0.361 e. The highest BCUT2D eigenvalue weighted by Crippen LogP contribution is 2.39. The first-order valence-corrected chi connectivity index (χ1v) is 6.82. The van der Waals surface area contributed by atoms with Crippen molar-refractivity contribution in [3.05, 3.63) is 35.5 Å². The Morgan fingerprint density at radius 2 is 2.12 bits per heavy atom. The summed E-state index contributed by atoms with van der Waals surface area (Å²) in [5, 5.41) is 1.45. The molecular formula is C16H21N. The molecule has 1 aliphatic carbocycles. The molecule has 1 nitrogen and oxygen atoms in total. The van der Waals surface area contributed by atoms with E-state index in [4.69, 9.17) is 0 Å². The molecule has 1 aliphatic rings. The normalized spacial score (nSPS) is 25.3. The first-order valence-electron chi connectivity index (χ1n) is 6.82. The molecular weight excluding hydrogens is 206 g/mol. The SMILES string of the molecule is Cc1cccc2c(C3CCCC(C)C3)c[nH]c12. The standard InChI is InChI=1S/C16H21N/c1-11-5-3-7-13(9-11)15-10-17-16-12(2)6-4-8-14(15)16/h4,6,8,10-11,13,17H,3,5,7,9H2,1-2H3. The maximum atomic E-state index is 3.47. The van der Waals surface area contributed by atoms with Crippen LogP contribution in [0.15, 0.2) is 24.4 Å². The number of benzene rings is 1. The van der Waals surface area contributed by atoms with Crippen LogP contribution in [0.5, 0.6) is 0 Å². The van der Waals surface area contributed by atoms with E-state index in [0.29, 0.717) is 0 Å². The minimum atomic E-state index is 0.772. The summed E-state index contributed by atoms with van der Waals surface area (Å²) in [7, 11) is 0. The number of rotatable bonds is 1. The third-order valence-electron chi connectivity index (χ3n) is 4.33. The van der Waals surface area contributed by atoms with Gasteiger partial charge >= 0.3 is 0 Å². The van der Waals surface area contributed by atoms with Gasteiger partial charge in [0.15, 0.2) is 0 Å². The predicted molar refractivity (Wildman–Crippen MR) is 73.4 cm³/mol. The lowest BCUT2D eigenvalue weighted by Gasteiger charge is -2.26. The molecule has 1 aromatic carbocycles. The number of nitrogens with one attached hydrogen (secondary N) is 1. The van der Waals surface area contributed by atoms with E-state index < -0.39 is 0 Å². The number of fused-ring (bicyclic) bond motifs is 1. The van der Waals surface area contributed by atoms with Crippen LogP contribution in [0, 0.1) is 12.8 Å². The molecule has 1 heterocycles. The second-order valence-electron chi connectivity index (χ2n) is 5.71. The number of hydrogen-bond acceptors (Lipinski definition) is 0. The van der Waals surface area contributed by atoms with Crippen molar-refractivity contribution in [3.63, 3.8) is 0 Å². The minimum absolute atomic E-state index is 0.772. The first kappa shape index (κ1) is 10.9. The van der Waals surface area contributed by atoms with Crippen molar-refractivity contribution in [2.24, 2.45) is 5.92 Å². The summed E-state index contributed by atoms with van der Waals surface area (Å²) in [6.45, 7) is 4.58. The molecule has 1 N–H and O–H groups in total. The molecule has 0 saturated heterocycles. The van der Waals surface area contributed by atoms with Crippen molar-refractivity contribution in [1.29, 1.82) is 0 Å². The van der Waals surface area contributed by atoms with Crippen LogP contribution in [0.1, 0.15) is 49.7 Å². The molecule has 90 valence electrons. The fourth-order valence-corrected chi connectivity index (χ4v) is 3.38. The van der Waals surface area contributed by atoms with Gasteiger partial charge in [0.25, 0.3) is 0 Å². The van der Waals surface area contributed by atoms with E-state index in [1.807, 2.05) is 0 Å². The van der Waals surface area contributed by atoms with Crippen molar-refractivity contribution in [1.82, 2.24) is 4.98 Å². The van der Waals surface area contributed by atoms with Crippen molar-refractivity contribution in [3.8, 4) is 0 Å². The van der Waals surface area contributed by atoms with Crippen LogP contribution in [-0.4, -0.2) is 4.98 Å². The van der Waals surface area contributed by atoms with Gasteiger partial charge in [-0.3, -0.25) is 0 Å². The number of hydrogen-bond donors (Lipinski definition) is 1. The Labute approximate surface area is 103 Å². The van der Waals surface area contributed by atoms with E-state index in [9.17, 15) is 0 Å². The van der Waals surface area contributed by atoms with E-state index in [-0.39, 0.29) is 0 Å². The van der Waals surface area contributed by atoms with E-state index in [2.05, 4.69) is 43.2 Å². The van der Waals surface area contributed by atoms with Gasteiger partial charge in [-0.15, -0.1) is 0 Å². The summed E-state index contributed by atoms with van der Waals surface area (Å²) in [5.74, 6) is 1.66. The Kier molecular flexibility index (Phi) is 2.70. The van der Waals surface area contributed by atoms with Gasteiger partial charge in [0, 0.05) is 17.1 Å². The summed E-state index contributed by atoms with van der Waals surface area (Å²) < 4.78 is 0. The molecule has 0 spiro atoms. The molecule has 17 heavy (non-hydrogen) atoms. The van der Waals surface area contributed by atoms with E-state index in [1.54, 1.807) is 5.56 Å². The van der Waals surface area contributed by atoms with Gasteiger partial charge in [-0.2, -0.15) is 0 Å². The molecule has 2 aromatic rings. The largest absolute Gasteiger partial charge is 0.361 e. The molecule has 0 radical (unpaired) electrons. The van der Waals surface area contributed by atoms with Crippen LogP contribution in [0.2, 0.25) is 0 Å². The van der Waals surface area contributed by atoms with Crippen LogP contribution in [0.25, 0.3) is 10.9 Å². The Morgan fingerprint density at radius 1 is 1.24 bits per heavy atom. The average molecular weight is 227 g/mol. The third kappa shape index (κ3) is 1.88. The quantitative estimate of drug-likeness (QED) is 0.722. The van der Waals surface area contributed by atoms with E-state index in [1.165, 1.54) is 42.1 Å². The molecule has 2 unspecified atom stereocenters. The molecule has 1 heteroatoms. The third-order valence-corrected chi connectivity index (χ3v) is 4.33. The molecule has 1 aromatic heterocycles. The number of aromatic amines is 1. The Morgan fingerprint density at radius 3 is 2.94 bits per heavy atom. The summed E-state index contributed by atoms with van der Waals surface area (Å²) in [4.78, 5) is 3.47. The molecule has 1 fully saturated rings. The zero-order valence-corrected chi connectivity index (χ0v) is 10.8. The monoisotopic (exact) mass is 227 g/mol. The van der Waals surface area contributed by atoms with Crippen LogP contribution in [0.4, 0.5) is 0 Å². The lowest BCUT2D eigenvalue weighted by Crippen LogP contribution is -2.11. The molecule has 0 bridgehead atoms. The van der Waals surface area contributed by atoms with Crippen LogP contribution in [-0.2, 0) is 0 Å². The number of aryl methyl sites for hydroxylation is 1. The van der Waals surface area contributed by atoms with Crippen molar-refractivity contribution >= 4 is 10.9 Å². The van der Waals surface area contributed by atoms with E-state index in [0.717, 1.165) is 11.8 Å². The van der Waals surface area contributed by atoms with Crippen molar-refractivity contribution in [2.75, 3.05) is 0 Å². The van der Waals surface area contributed by atoms with Crippen molar-refractivity contribution in [2.45, 2.75) is 45.4 Å². The fraction of sp³-hybridized carbons (Fsp3) is 0.500. The van der Waals surface area contributed by atoms with Gasteiger partial charge in [0.05, 0.1) is 0 Å². The Hall–Kier alpha value is -1.24. The fourth-order valence-electron chi connectivity index (χ4n) is 3.38. The molecule has 0 aliphatic heterocycles. The summed E-state index contributed by atoms with van der Waals surface area (Å²) in [6.07, 6.45) is 7.79.